The van der Waals surface area contributed by atoms with Crippen LogP contribution < -0.4 is 15.5 Å². The van der Waals surface area contributed by atoms with Gasteiger partial charge in [0.25, 0.3) is 5.91 Å². The summed E-state index contributed by atoms with van der Waals surface area (Å²) in [5.41, 5.74) is 2.32. The Morgan fingerprint density at radius 2 is 1.83 bits per heavy atom. The van der Waals surface area contributed by atoms with Crippen molar-refractivity contribution in [3.8, 4) is 5.69 Å². The lowest BCUT2D eigenvalue weighted by atomic mass is 10.2. The molecule has 1 aliphatic rings. The predicted octanol–water partition coefficient (Wildman–Crippen LogP) is 2.72. The third kappa shape index (κ3) is 4.42. The zero-order valence-corrected chi connectivity index (χ0v) is 17.4. The molecule has 1 amide bonds. The topological polar surface area (TPSA) is 88.0 Å². The van der Waals surface area contributed by atoms with Crippen LogP contribution in [-0.2, 0) is 0 Å². The molecule has 0 radical (unpaired) electrons. The number of hydrogen-bond acceptors (Lipinski definition) is 6. The van der Waals surface area contributed by atoms with E-state index in [0.29, 0.717) is 18.7 Å². The van der Waals surface area contributed by atoms with E-state index in [1.54, 1.807) is 10.9 Å². The summed E-state index contributed by atoms with van der Waals surface area (Å²) in [6, 6.07) is 11.8. The molecule has 1 aromatic carbocycles. The number of aromatic nitrogens is 4. The first-order valence-electron chi connectivity index (χ1n) is 10.3. The lowest BCUT2D eigenvalue weighted by molar-refractivity contribution is 0.0954. The van der Waals surface area contributed by atoms with E-state index in [0.717, 1.165) is 41.9 Å². The molecular weight excluding hydrogens is 378 g/mol. The van der Waals surface area contributed by atoms with Crippen LogP contribution in [0.25, 0.3) is 5.69 Å². The number of nitrogens with zero attached hydrogens (tertiary/aromatic N) is 5. The SMILES string of the molecule is Cc1nc(NCCNC(=O)c2cnn(-c3ccccc3)c2C)cc(N2CCCC2)n1. The van der Waals surface area contributed by atoms with Crippen LogP contribution in [0.3, 0.4) is 0 Å². The van der Waals surface area contributed by atoms with Crippen molar-refractivity contribution in [2.24, 2.45) is 0 Å². The average Bonchev–Trinajstić information content (AvgIpc) is 3.41. The highest BCUT2D eigenvalue weighted by Gasteiger charge is 2.16. The van der Waals surface area contributed by atoms with Crippen LogP contribution in [0.1, 0.15) is 34.7 Å². The van der Waals surface area contributed by atoms with Gasteiger partial charge in [-0.1, -0.05) is 18.2 Å². The number of rotatable bonds is 7. The van der Waals surface area contributed by atoms with Crippen LogP contribution in [0.15, 0.2) is 42.6 Å². The van der Waals surface area contributed by atoms with Crippen LogP contribution in [0.5, 0.6) is 0 Å². The summed E-state index contributed by atoms with van der Waals surface area (Å²) < 4.78 is 1.77. The van der Waals surface area contributed by atoms with E-state index < -0.39 is 0 Å². The third-order valence-corrected chi connectivity index (χ3v) is 5.23. The van der Waals surface area contributed by atoms with Crippen LogP contribution >= 0.6 is 0 Å². The van der Waals surface area contributed by atoms with Gasteiger partial charge in [0.15, 0.2) is 0 Å². The van der Waals surface area contributed by atoms with Crippen molar-refractivity contribution in [3.63, 3.8) is 0 Å². The standard InChI is InChI=1S/C22H27N7O/c1-16-19(15-25-29(16)18-8-4-3-5-9-18)22(30)24-11-10-23-20-14-21(27-17(2)26-20)28-12-6-7-13-28/h3-5,8-9,14-15H,6-7,10-13H2,1-2H3,(H,24,30)(H,23,26,27). The quantitative estimate of drug-likeness (QED) is 0.588. The van der Waals surface area contributed by atoms with Crippen LogP contribution in [0.2, 0.25) is 0 Å². The molecule has 4 rings (SSSR count). The van der Waals surface area contributed by atoms with Crippen molar-refractivity contribution in [2.75, 3.05) is 36.4 Å². The lowest BCUT2D eigenvalue weighted by Crippen LogP contribution is -2.29. The molecule has 30 heavy (non-hydrogen) atoms. The summed E-state index contributed by atoms with van der Waals surface area (Å²) in [6.07, 6.45) is 4.03. The molecule has 0 saturated carbocycles. The second-order valence-corrected chi connectivity index (χ2v) is 7.43. The van der Waals surface area contributed by atoms with E-state index in [1.165, 1.54) is 12.8 Å². The van der Waals surface area contributed by atoms with Crippen LogP contribution in [-0.4, -0.2) is 51.8 Å². The zero-order chi connectivity index (χ0) is 20.9. The molecular formula is C22H27N7O. The van der Waals surface area contributed by atoms with Gasteiger partial charge in [-0.2, -0.15) is 5.10 Å². The number of carbonyl (C=O) groups is 1. The van der Waals surface area contributed by atoms with Gasteiger partial charge in [-0.05, 0) is 38.8 Å². The molecule has 3 aromatic rings. The van der Waals surface area contributed by atoms with Crippen molar-refractivity contribution in [3.05, 3.63) is 59.7 Å². The number of benzene rings is 1. The average molecular weight is 406 g/mol. The second-order valence-electron chi connectivity index (χ2n) is 7.43. The Morgan fingerprint density at radius 3 is 2.60 bits per heavy atom. The van der Waals surface area contributed by atoms with Gasteiger partial charge >= 0.3 is 0 Å². The van der Waals surface area contributed by atoms with Gasteiger partial charge < -0.3 is 15.5 Å². The van der Waals surface area contributed by atoms with E-state index >= 15 is 0 Å². The molecule has 0 spiro atoms. The van der Waals surface area contributed by atoms with Crippen LogP contribution in [0, 0.1) is 13.8 Å². The molecule has 8 heteroatoms. The highest BCUT2D eigenvalue weighted by Crippen LogP contribution is 2.20. The van der Waals surface area contributed by atoms with Gasteiger partial charge in [0.1, 0.15) is 17.5 Å². The molecule has 0 bridgehead atoms. The minimum Gasteiger partial charge on any atom is -0.368 e. The summed E-state index contributed by atoms with van der Waals surface area (Å²) in [7, 11) is 0. The van der Waals surface area contributed by atoms with Crippen LogP contribution in [0.4, 0.5) is 11.6 Å². The fraction of sp³-hybridized carbons (Fsp3) is 0.364. The number of amides is 1. The molecule has 2 aromatic heterocycles. The fourth-order valence-corrected chi connectivity index (χ4v) is 3.67. The van der Waals surface area contributed by atoms with E-state index in [9.17, 15) is 4.79 Å². The molecule has 1 fully saturated rings. The maximum atomic E-state index is 12.6. The molecule has 0 unspecified atom stereocenters. The van der Waals surface area contributed by atoms with Crippen molar-refractivity contribution < 1.29 is 4.79 Å². The Bertz CT molecular complexity index is 1010. The van der Waals surface area contributed by atoms with Gasteiger partial charge in [-0.3, -0.25) is 4.79 Å². The van der Waals surface area contributed by atoms with Gasteiger partial charge in [-0.25, -0.2) is 14.6 Å². The van der Waals surface area contributed by atoms with Gasteiger partial charge in [0.05, 0.1) is 23.1 Å². The largest absolute Gasteiger partial charge is 0.368 e. The Labute approximate surface area is 176 Å². The van der Waals surface area contributed by atoms with Crippen molar-refractivity contribution in [1.29, 1.82) is 0 Å². The smallest absolute Gasteiger partial charge is 0.254 e. The minimum atomic E-state index is -0.131. The highest BCUT2D eigenvalue weighted by molar-refractivity contribution is 5.95. The first kappa shape index (κ1) is 19.9. The van der Waals surface area contributed by atoms with E-state index in [2.05, 4.69) is 30.6 Å². The van der Waals surface area contributed by atoms with Crippen molar-refractivity contribution in [2.45, 2.75) is 26.7 Å². The maximum absolute atomic E-state index is 12.6. The normalized spacial score (nSPS) is 13.5. The molecule has 2 N–H and O–H groups in total. The third-order valence-electron chi connectivity index (χ3n) is 5.23. The summed E-state index contributed by atoms with van der Waals surface area (Å²) in [5.74, 6) is 2.37. The Morgan fingerprint density at radius 1 is 1.07 bits per heavy atom. The van der Waals surface area contributed by atoms with E-state index in [1.807, 2.05) is 50.2 Å². The number of aryl methyl sites for hydroxylation is 1. The highest BCUT2D eigenvalue weighted by atomic mass is 16.1. The van der Waals surface area contributed by atoms with Gasteiger partial charge in [0, 0.05) is 32.2 Å². The first-order chi connectivity index (χ1) is 14.6. The number of hydrogen-bond donors (Lipinski definition) is 2. The molecule has 3 heterocycles. The number of anilines is 2. The Kier molecular flexibility index (Phi) is 5.92. The van der Waals surface area contributed by atoms with Crippen molar-refractivity contribution in [1.82, 2.24) is 25.1 Å². The van der Waals surface area contributed by atoms with E-state index in [4.69, 9.17) is 0 Å². The van der Waals surface area contributed by atoms with Gasteiger partial charge in [-0.15, -0.1) is 0 Å². The minimum absolute atomic E-state index is 0.131. The Balaban J connectivity index is 1.32. The molecule has 1 aliphatic heterocycles. The number of carbonyl (C=O) groups excluding carboxylic acids is 1. The zero-order valence-electron chi connectivity index (χ0n) is 17.4. The van der Waals surface area contributed by atoms with E-state index in [-0.39, 0.29) is 5.91 Å². The molecule has 156 valence electrons. The summed E-state index contributed by atoms with van der Waals surface area (Å²) in [6.45, 7) is 6.95. The molecule has 8 nitrogen and oxygen atoms in total. The first-order valence-corrected chi connectivity index (χ1v) is 10.3. The lowest BCUT2D eigenvalue weighted by Gasteiger charge is -2.17. The van der Waals surface area contributed by atoms with Gasteiger partial charge in [0.2, 0.25) is 0 Å². The number of nitrogens with one attached hydrogen (secondary N) is 2. The van der Waals surface area contributed by atoms with Crippen molar-refractivity contribution >= 4 is 17.5 Å². The fourth-order valence-electron chi connectivity index (χ4n) is 3.67. The Hall–Kier alpha value is -3.42. The predicted molar refractivity (Wildman–Crippen MR) is 117 cm³/mol. The summed E-state index contributed by atoms with van der Waals surface area (Å²) >= 11 is 0. The molecule has 0 atom stereocenters. The molecule has 0 aliphatic carbocycles. The monoisotopic (exact) mass is 405 g/mol. The summed E-state index contributed by atoms with van der Waals surface area (Å²) in [4.78, 5) is 23.9. The number of para-hydroxylation sites is 1. The molecule has 1 saturated heterocycles. The summed E-state index contributed by atoms with van der Waals surface area (Å²) in [5, 5.41) is 10.6. The second kappa shape index (κ2) is 8.94. The maximum Gasteiger partial charge on any atom is 0.254 e.